The number of fused-ring (bicyclic) bond motifs is 1. The topological polar surface area (TPSA) is 36.0 Å². The number of rotatable bonds is 4. The first kappa shape index (κ1) is 16.1. The van der Waals surface area contributed by atoms with Gasteiger partial charge in [0.1, 0.15) is 5.75 Å². The molecule has 0 radical (unpaired) electrons. The lowest BCUT2D eigenvalue weighted by atomic mass is 10.0. The zero-order valence-corrected chi connectivity index (χ0v) is 14.5. The van der Waals surface area contributed by atoms with E-state index in [0.717, 1.165) is 30.9 Å². The van der Waals surface area contributed by atoms with Crippen molar-refractivity contribution in [3.63, 3.8) is 0 Å². The number of hydrogen-bond acceptors (Lipinski definition) is 4. The number of carbonyl (C=O) groups is 1. The van der Waals surface area contributed by atoms with Crippen LogP contribution in [0.1, 0.15) is 23.6 Å². The fourth-order valence-electron chi connectivity index (χ4n) is 3.83. The highest BCUT2D eigenvalue weighted by Gasteiger charge is 2.41. The first-order valence-electron chi connectivity index (χ1n) is 8.72. The third-order valence-corrected chi connectivity index (χ3v) is 5.02. The van der Waals surface area contributed by atoms with Crippen molar-refractivity contribution in [3.05, 3.63) is 65.7 Å². The fourth-order valence-corrected chi connectivity index (χ4v) is 3.83. The Balaban J connectivity index is 1.63. The van der Waals surface area contributed by atoms with Crippen LogP contribution in [0, 0.1) is 0 Å². The molecule has 0 N–H and O–H groups in total. The molecule has 2 heterocycles. The van der Waals surface area contributed by atoms with E-state index in [0.29, 0.717) is 13.1 Å². The molecule has 5 heteroatoms. The first-order chi connectivity index (χ1) is 12.3. The van der Waals surface area contributed by atoms with Gasteiger partial charge in [-0.25, -0.2) is 5.01 Å². The molecule has 1 atom stereocenters. The number of carbonyl (C=O) groups excluding carboxylic acids is 1. The maximum absolute atomic E-state index is 12.4. The summed E-state index contributed by atoms with van der Waals surface area (Å²) in [6, 6.07) is 18.7. The highest BCUT2D eigenvalue weighted by Crippen LogP contribution is 2.36. The highest BCUT2D eigenvalue weighted by molar-refractivity contribution is 5.77. The van der Waals surface area contributed by atoms with Crippen molar-refractivity contribution < 1.29 is 9.53 Å². The summed E-state index contributed by atoms with van der Waals surface area (Å²) in [7, 11) is 1.70. The minimum atomic E-state index is 0.125. The Labute approximate surface area is 148 Å². The summed E-state index contributed by atoms with van der Waals surface area (Å²) >= 11 is 0. The Bertz CT molecular complexity index is 750. The molecule has 5 nitrogen and oxygen atoms in total. The van der Waals surface area contributed by atoms with Crippen molar-refractivity contribution in [2.75, 3.05) is 26.9 Å². The van der Waals surface area contributed by atoms with Crippen LogP contribution in [-0.4, -0.2) is 47.7 Å². The number of nitrogens with zero attached hydrogens (tertiary/aromatic N) is 3. The molecule has 2 aromatic carbocycles. The van der Waals surface area contributed by atoms with Crippen LogP contribution in [0.3, 0.4) is 0 Å². The molecule has 2 aromatic rings. The molecule has 130 valence electrons. The molecule has 2 saturated heterocycles. The fraction of sp³-hybridized carbons (Fsp3) is 0.350. The van der Waals surface area contributed by atoms with E-state index < -0.39 is 0 Å². The molecule has 0 saturated carbocycles. The van der Waals surface area contributed by atoms with Crippen molar-refractivity contribution in [3.8, 4) is 5.75 Å². The summed E-state index contributed by atoms with van der Waals surface area (Å²) in [5.41, 5.74) is 2.41. The van der Waals surface area contributed by atoms with E-state index in [1.807, 2.05) is 29.3 Å². The van der Waals surface area contributed by atoms with E-state index in [2.05, 4.69) is 40.2 Å². The predicted octanol–water partition coefficient (Wildman–Crippen LogP) is 2.66. The molecule has 2 aliphatic rings. The van der Waals surface area contributed by atoms with E-state index in [9.17, 15) is 4.79 Å². The van der Waals surface area contributed by atoms with Gasteiger partial charge in [-0.2, -0.15) is 0 Å². The molecule has 0 aromatic heterocycles. The van der Waals surface area contributed by atoms with Crippen LogP contribution < -0.4 is 4.74 Å². The van der Waals surface area contributed by atoms with Gasteiger partial charge in [0.15, 0.2) is 0 Å². The van der Waals surface area contributed by atoms with Gasteiger partial charge in [-0.15, -0.1) is 0 Å². The molecule has 4 rings (SSSR count). The summed E-state index contributed by atoms with van der Waals surface area (Å²) in [6.07, 6.45) is 0.588. The van der Waals surface area contributed by atoms with Crippen molar-refractivity contribution in [2.45, 2.75) is 19.0 Å². The second kappa shape index (κ2) is 6.86. The molecule has 0 spiro atoms. The van der Waals surface area contributed by atoms with Gasteiger partial charge < -0.3 is 4.74 Å². The maximum Gasteiger partial charge on any atom is 0.239 e. The largest absolute Gasteiger partial charge is 0.496 e. The number of hydrazine groups is 1. The molecule has 2 aliphatic heterocycles. The van der Waals surface area contributed by atoms with Crippen LogP contribution in [0.15, 0.2) is 54.6 Å². The van der Waals surface area contributed by atoms with E-state index in [-0.39, 0.29) is 11.9 Å². The van der Waals surface area contributed by atoms with E-state index >= 15 is 0 Å². The number of ether oxygens (including phenoxy) is 1. The summed E-state index contributed by atoms with van der Waals surface area (Å²) in [4.78, 5) is 14.7. The normalized spacial score (nSPS) is 21.4. The number of hydrogen-bond donors (Lipinski definition) is 0. The minimum absolute atomic E-state index is 0.125. The van der Waals surface area contributed by atoms with Gasteiger partial charge in [-0.1, -0.05) is 48.5 Å². The van der Waals surface area contributed by atoms with E-state index in [1.54, 1.807) is 7.11 Å². The van der Waals surface area contributed by atoms with Crippen LogP contribution in [0.5, 0.6) is 5.75 Å². The van der Waals surface area contributed by atoms with Crippen molar-refractivity contribution in [2.24, 2.45) is 0 Å². The van der Waals surface area contributed by atoms with E-state index in [4.69, 9.17) is 4.74 Å². The van der Waals surface area contributed by atoms with Gasteiger partial charge in [-0.05, 0) is 11.6 Å². The van der Waals surface area contributed by atoms with Gasteiger partial charge in [-0.3, -0.25) is 14.7 Å². The second-order valence-corrected chi connectivity index (χ2v) is 6.60. The molecule has 2 fully saturated rings. The van der Waals surface area contributed by atoms with Crippen molar-refractivity contribution >= 4 is 5.91 Å². The number of benzene rings is 2. The second-order valence-electron chi connectivity index (χ2n) is 6.60. The lowest BCUT2D eigenvalue weighted by Gasteiger charge is -2.45. The van der Waals surface area contributed by atoms with Crippen LogP contribution in [0.2, 0.25) is 0 Å². The Morgan fingerprint density at radius 1 is 1.08 bits per heavy atom. The van der Waals surface area contributed by atoms with Gasteiger partial charge in [0, 0.05) is 31.6 Å². The smallest absolute Gasteiger partial charge is 0.239 e. The standard InChI is InChI=1S/C20H23N3O2/c1-25-19-10-6-5-9-17(19)18-14-21(13-16-7-3-2-4-8-16)15-23-20(24)11-12-22(18)23/h2-10,18H,11-15H2,1H3. The Morgan fingerprint density at radius 3 is 2.64 bits per heavy atom. The highest BCUT2D eigenvalue weighted by atomic mass is 16.5. The van der Waals surface area contributed by atoms with Crippen LogP contribution >= 0.6 is 0 Å². The molecular weight excluding hydrogens is 314 g/mol. The predicted molar refractivity (Wildman–Crippen MR) is 95.6 cm³/mol. The summed E-state index contributed by atoms with van der Waals surface area (Å²) in [6.45, 7) is 3.14. The summed E-state index contributed by atoms with van der Waals surface area (Å²) < 4.78 is 5.58. The Morgan fingerprint density at radius 2 is 1.84 bits per heavy atom. The quantitative estimate of drug-likeness (QED) is 0.859. The van der Waals surface area contributed by atoms with Crippen molar-refractivity contribution in [1.29, 1.82) is 0 Å². The lowest BCUT2D eigenvalue weighted by Crippen LogP contribution is -2.55. The first-order valence-corrected chi connectivity index (χ1v) is 8.72. The molecule has 0 bridgehead atoms. The Hall–Kier alpha value is -2.37. The molecule has 1 unspecified atom stereocenters. The van der Waals surface area contributed by atoms with Gasteiger partial charge in [0.25, 0.3) is 0 Å². The summed E-state index contributed by atoms with van der Waals surface area (Å²) in [5, 5.41) is 4.12. The SMILES string of the molecule is COc1ccccc1C1CN(Cc2ccccc2)CN2C(=O)CCN12. The zero-order valence-electron chi connectivity index (χ0n) is 14.5. The van der Waals surface area contributed by atoms with Crippen molar-refractivity contribution in [1.82, 2.24) is 14.9 Å². The third kappa shape index (κ3) is 3.13. The lowest BCUT2D eigenvalue weighted by molar-refractivity contribution is -0.158. The number of methoxy groups -OCH3 is 1. The number of para-hydroxylation sites is 1. The average Bonchev–Trinajstić information content (AvgIpc) is 3.03. The van der Waals surface area contributed by atoms with Gasteiger partial charge in [0.2, 0.25) is 5.91 Å². The molecular formula is C20H23N3O2. The molecule has 1 amide bonds. The van der Waals surface area contributed by atoms with Gasteiger partial charge >= 0.3 is 0 Å². The third-order valence-electron chi connectivity index (χ3n) is 5.02. The van der Waals surface area contributed by atoms with Gasteiger partial charge in [0.05, 0.1) is 19.8 Å². The minimum Gasteiger partial charge on any atom is -0.496 e. The molecule has 0 aliphatic carbocycles. The monoisotopic (exact) mass is 337 g/mol. The maximum atomic E-state index is 12.4. The zero-order chi connectivity index (χ0) is 17.2. The van der Waals surface area contributed by atoms with Crippen LogP contribution in [0.4, 0.5) is 0 Å². The Kier molecular flexibility index (Phi) is 4.42. The van der Waals surface area contributed by atoms with Crippen LogP contribution in [-0.2, 0) is 11.3 Å². The molecule has 25 heavy (non-hydrogen) atoms. The average molecular weight is 337 g/mol. The number of amides is 1. The van der Waals surface area contributed by atoms with E-state index in [1.165, 1.54) is 5.56 Å². The van der Waals surface area contributed by atoms with Crippen LogP contribution in [0.25, 0.3) is 0 Å². The summed E-state index contributed by atoms with van der Waals surface area (Å²) in [5.74, 6) is 1.09.